The van der Waals surface area contributed by atoms with Crippen molar-refractivity contribution in [2.24, 2.45) is 0 Å². The molecule has 0 spiro atoms. The standard InChI is InChI=1S/C21H23ClN6O2S/c1-2-28-20(15-4-3-7-23-13-15)25-26-21(28)31-14-19(29)24-16-5-6-18(17(22)12-16)27-8-10-30-11-9-27/h3-7,12-13H,2,8-11,14H2,1H3,(H,24,29). The first kappa shape index (κ1) is 21.6. The maximum Gasteiger partial charge on any atom is 0.234 e. The Bertz CT molecular complexity index is 1040. The number of rotatable bonds is 7. The molecule has 8 nitrogen and oxygen atoms in total. The summed E-state index contributed by atoms with van der Waals surface area (Å²) < 4.78 is 7.36. The normalized spacial score (nSPS) is 13.9. The molecule has 0 aliphatic carbocycles. The molecule has 0 unspecified atom stereocenters. The average molecular weight is 459 g/mol. The Kier molecular flexibility index (Phi) is 7.06. The lowest BCUT2D eigenvalue weighted by molar-refractivity contribution is -0.113. The maximum absolute atomic E-state index is 12.5. The van der Waals surface area contributed by atoms with E-state index in [-0.39, 0.29) is 11.7 Å². The Labute approximate surface area is 190 Å². The third-order valence-corrected chi connectivity index (χ3v) is 6.14. The van der Waals surface area contributed by atoms with E-state index in [0.29, 0.717) is 35.6 Å². The van der Waals surface area contributed by atoms with E-state index in [1.54, 1.807) is 18.5 Å². The molecule has 3 aromatic rings. The SMILES string of the molecule is CCn1c(SCC(=O)Nc2ccc(N3CCOCC3)c(Cl)c2)nnc1-c1cccnc1. The Balaban J connectivity index is 1.37. The van der Waals surface area contributed by atoms with Crippen LogP contribution in [0.5, 0.6) is 0 Å². The van der Waals surface area contributed by atoms with Crippen LogP contribution in [0, 0.1) is 0 Å². The number of benzene rings is 1. The number of carbonyl (C=O) groups excluding carboxylic acids is 1. The van der Waals surface area contributed by atoms with E-state index in [1.165, 1.54) is 11.8 Å². The molecular formula is C21H23ClN6O2S. The van der Waals surface area contributed by atoms with E-state index in [4.69, 9.17) is 16.3 Å². The number of nitrogens with one attached hydrogen (secondary N) is 1. The zero-order valence-electron chi connectivity index (χ0n) is 17.1. The van der Waals surface area contributed by atoms with Gasteiger partial charge in [-0.2, -0.15) is 0 Å². The van der Waals surface area contributed by atoms with Gasteiger partial charge in [0.05, 0.1) is 29.7 Å². The number of aromatic nitrogens is 4. The first-order valence-corrected chi connectivity index (χ1v) is 11.4. The summed E-state index contributed by atoms with van der Waals surface area (Å²) in [4.78, 5) is 18.8. The highest BCUT2D eigenvalue weighted by molar-refractivity contribution is 7.99. The number of carbonyl (C=O) groups is 1. The van der Waals surface area contributed by atoms with Crippen molar-refractivity contribution >= 4 is 40.6 Å². The number of anilines is 2. The number of hydrogen-bond donors (Lipinski definition) is 1. The molecule has 1 amide bonds. The van der Waals surface area contributed by atoms with Gasteiger partial charge in [-0.1, -0.05) is 23.4 Å². The van der Waals surface area contributed by atoms with Crippen LogP contribution in [0.2, 0.25) is 5.02 Å². The maximum atomic E-state index is 12.5. The molecule has 3 heterocycles. The number of halogens is 1. The monoisotopic (exact) mass is 458 g/mol. The van der Waals surface area contributed by atoms with Gasteiger partial charge in [0, 0.05) is 43.3 Å². The van der Waals surface area contributed by atoms with Gasteiger partial charge in [0.15, 0.2) is 11.0 Å². The minimum absolute atomic E-state index is 0.131. The first-order valence-electron chi connectivity index (χ1n) is 10.0. The minimum Gasteiger partial charge on any atom is -0.378 e. The highest BCUT2D eigenvalue weighted by atomic mass is 35.5. The van der Waals surface area contributed by atoms with Crippen molar-refractivity contribution in [3.63, 3.8) is 0 Å². The zero-order valence-corrected chi connectivity index (χ0v) is 18.7. The summed E-state index contributed by atoms with van der Waals surface area (Å²) in [5.41, 5.74) is 2.51. The fraction of sp³-hybridized carbons (Fsp3) is 0.333. The molecule has 1 aliphatic heterocycles. The van der Waals surface area contributed by atoms with Gasteiger partial charge in [0.1, 0.15) is 0 Å². The predicted octanol–water partition coefficient (Wildman–Crippen LogP) is 3.58. The van der Waals surface area contributed by atoms with E-state index >= 15 is 0 Å². The number of hydrogen-bond acceptors (Lipinski definition) is 7. The molecule has 162 valence electrons. The van der Waals surface area contributed by atoms with E-state index in [2.05, 4.69) is 25.4 Å². The van der Waals surface area contributed by atoms with Gasteiger partial charge in [0.2, 0.25) is 5.91 Å². The van der Waals surface area contributed by atoms with Crippen molar-refractivity contribution < 1.29 is 9.53 Å². The molecule has 1 aromatic carbocycles. The molecule has 1 aliphatic rings. The van der Waals surface area contributed by atoms with Crippen molar-refractivity contribution in [1.29, 1.82) is 0 Å². The van der Waals surface area contributed by atoms with Gasteiger partial charge in [0.25, 0.3) is 0 Å². The number of morpholine rings is 1. The molecule has 0 radical (unpaired) electrons. The molecule has 0 saturated carbocycles. The highest BCUT2D eigenvalue weighted by Gasteiger charge is 2.17. The minimum atomic E-state index is -0.131. The summed E-state index contributed by atoms with van der Waals surface area (Å²) in [6.07, 6.45) is 3.47. The van der Waals surface area contributed by atoms with Crippen LogP contribution in [-0.4, -0.2) is 57.7 Å². The number of amides is 1. The fourth-order valence-electron chi connectivity index (χ4n) is 3.36. The van der Waals surface area contributed by atoms with Gasteiger partial charge in [-0.05, 0) is 37.3 Å². The van der Waals surface area contributed by atoms with E-state index in [1.807, 2.05) is 35.8 Å². The Morgan fingerprint density at radius 1 is 1.26 bits per heavy atom. The molecule has 0 atom stereocenters. The highest BCUT2D eigenvalue weighted by Crippen LogP contribution is 2.30. The van der Waals surface area contributed by atoms with Crippen LogP contribution in [0.4, 0.5) is 11.4 Å². The molecule has 1 N–H and O–H groups in total. The van der Waals surface area contributed by atoms with Crippen LogP contribution in [-0.2, 0) is 16.1 Å². The second-order valence-corrected chi connectivity index (χ2v) is 8.24. The summed E-state index contributed by atoms with van der Waals surface area (Å²) in [5.74, 6) is 0.825. The number of pyridine rings is 1. The number of ether oxygens (including phenoxy) is 1. The smallest absolute Gasteiger partial charge is 0.234 e. The lowest BCUT2D eigenvalue weighted by Gasteiger charge is -2.29. The fourth-order valence-corrected chi connectivity index (χ4v) is 4.46. The van der Waals surface area contributed by atoms with Gasteiger partial charge in [-0.25, -0.2) is 0 Å². The second-order valence-electron chi connectivity index (χ2n) is 6.89. The predicted molar refractivity (Wildman–Crippen MR) is 123 cm³/mol. The number of nitrogens with zero attached hydrogens (tertiary/aromatic N) is 5. The Hall–Kier alpha value is -2.62. The quantitative estimate of drug-likeness (QED) is 0.541. The van der Waals surface area contributed by atoms with E-state index in [9.17, 15) is 4.79 Å². The summed E-state index contributed by atoms with van der Waals surface area (Å²) in [7, 11) is 0. The molecule has 4 rings (SSSR count). The first-order chi connectivity index (χ1) is 15.2. The molecule has 1 saturated heterocycles. The van der Waals surface area contributed by atoms with Crippen LogP contribution in [0.15, 0.2) is 47.9 Å². The van der Waals surface area contributed by atoms with E-state index in [0.717, 1.165) is 30.2 Å². The summed E-state index contributed by atoms with van der Waals surface area (Å²) in [6.45, 7) is 5.71. The Morgan fingerprint density at radius 2 is 2.10 bits per heavy atom. The topological polar surface area (TPSA) is 85.2 Å². The molecule has 10 heteroatoms. The van der Waals surface area contributed by atoms with Gasteiger partial charge >= 0.3 is 0 Å². The molecule has 1 fully saturated rings. The van der Waals surface area contributed by atoms with Crippen molar-refractivity contribution in [2.75, 3.05) is 42.3 Å². The third kappa shape index (κ3) is 5.17. The van der Waals surface area contributed by atoms with Crippen LogP contribution in [0.1, 0.15) is 6.92 Å². The van der Waals surface area contributed by atoms with Crippen LogP contribution in [0.3, 0.4) is 0 Å². The van der Waals surface area contributed by atoms with Crippen LogP contribution in [0.25, 0.3) is 11.4 Å². The molecule has 2 aromatic heterocycles. The summed E-state index contributed by atoms with van der Waals surface area (Å²) >= 11 is 7.80. The average Bonchev–Trinajstić information content (AvgIpc) is 3.22. The van der Waals surface area contributed by atoms with Crippen molar-refractivity contribution in [2.45, 2.75) is 18.6 Å². The molecular weight excluding hydrogens is 436 g/mol. The lowest BCUT2D eigenvalue weighted by atomic mass is 10.2. The lowest BCUT2D eigenvalue weighted by Crippen LogP contribution is -2.36. The molecule has 0 bridgehead atoms. The van der Waals surface area contributed by atoms with Crippen LogP contribution < -0.4 is 10.2 Å². The van der Waals surface area contributed by atoms with Crippen LogP contribution >= 0.6 is 23.4 Å². The summed E-state index contributed by atoms with van der Waals surface area (Å²) in [5, 5.41) is 12.7. The molecule has 31 heavy (non-hydrogen) atoms. The van der Waals surface area contributed by atoms with Crippen molar-refractivity contribution in [3.05, 3.63) is 47.7 Å². The van der Waals surface area contributed by atoms with E-state index < -0.39 is 0 Å². The van der Waals surface area contributed by atoms with Gasteiger partial charge < -0.3 is 19.5 Å². The number of thioether (sulfide) groups is 1. The zero-order chi connectivity index (χ0) is 21.6. The Morgan fingerprint density at radius 3 is 2.81 bits per heavy atom. The largest absolute Gasteiger partial charge is 0.378 e. The summed E-state index contributed by atoms with van der Waals surface area (Å²) in [6, 6.07) is 9.39. The van der Waals surface area contributed by atoms with Gasteiger partial charge in [-0.3, -0.25) is 9.78 Å². The van der Waals surface area contributed by atoms with Crippen molar-refractivity contribution in [1.82, 2.24) is 19.7 Å². The van der Waals surface area contributed by atoms with Crippen molar-refractivity contribution in [3.8, 4) is 11.4 Å². The third-order valence-electron chi connectivity index (χ3n) is 4.87. The van der Waals surface area contributed by atoms with Gasteiger partial charge in [-0.15, -0.1) is 10.2 Å². The second kappa shape index (κ2) is 10.1.